The fraction of sp³-hybridized carbons (Fsp3) is 0.286. The van der Waals surface area contributed by atoms with Gasteiger partial charge in [-0.2, -0.15) is 0 Å². The van der Waals surface area contributed by atoms with Crippen LogP contribution in [-0.4, -0.2) is 29.3 Å². The molecule has 20 heavy (non-hydrogen) atoms. The molecule has 5 nitrogen and oxygen atoms in total. The van der Waals surface area contributed by atoms with Gasteiger partial charge in [-0.25, -0.2) is 9.18 Å². The van der Waals surface area contributed by atoms with E-state index in [1.54, 1.807) is 6.07 Å². The summed E-state index contributed by atoms with van der Waals surface area (Å²) in [7, 11) is 0. The van der Waals surface area contributed by atoms with Gasteiger partial charge in [0.25, 0.3) is 0 Å². The largest absolute Gasteiger partial charge is 0.475 e. The van der Waals surface area contributed by atoms with E-state index in [-0.39, 0.29) is 11.5 Å². The fourth-order valence-corrected chi connectivity index (χ4v) is 2.48. The van der Waals surface area contributed by atoms with Crippen LogP contribution < -0.4 is 4.90 Å². The van der Waals surface area contributed by atoms with Gasteiger partial charge in [0.1, 0.15) is 11.5 Å². The summed E-state index contributed by atoms with van der Waals surface area (Å²) < 4.78 is 18.9. The van der Waals surface area contributed by atoms with Gasteiger partial charge in [-0.05, 0) is 25.0 Å². The van der Waals surface area contributed by atoms with Gasteiger partial charge in [0.2, 0.25) is 5.76 Å². The number of hydrogen-bond acceptors (Lipinski definition) is 4. The highest BCUT2D eigenvalue weighted by Crippen LogP contribution is 2.34. The molecular weight excluding hydrogens is 263 g/mol. The summed E-state index contributed by atoms with van der Waals surface area (Å²) in [6.07, 6.45) is 2.13. The zero-order valence-corrected chi connectivity index (χ0v) is 10.7. The number of carboxylic acid groups (broad SMARTS) is 1. The van der Waals surface area contributed by atoms with Crippen molar-refractivity contribution < 1.29 is 18.8 Å². The molecule has 1 saturated heterocycles. The molecule has 0 atom stereocenters. The van der Waals surface area contributed by atoms with Crippen LogP contribution >= 0.6 is 0 Å². The Morgan fingerprint density at radius 3 is 2.75 bits per heavy atom. The molecule has 0 aliphatic carbocycles. The first-order valence-corrected chi connectivity index (χ1v) is 6.40. The quantitative estimate of drug-likeness (QED) is 0.933. The predicted molar refractivity (Wildman–Crippen MR) is 70.3 cm³/mol. The monoisotopic (exact) mass is 276 g/mol. The second-order valence-electron chi connectivity index (χ2n) is 4.71. The molecule has 1 aliphatic rings. The summed E-state index contributed by atoms with van der Waals surface area (Å²) >= 11 is 0. The molecule has 0 saturated carbocycles. The van der Waals surface area contributed by atoms with Crippen molar-refractivity contribution >= 4 is 11.7 Å². The Bertz CT molecular complexity index is 648. The van der Waals surface area contributed by atoms with Crippen molar-refractivity contribution in [3.05, 3.63) is 35.8 Å². The number of rotatable bonds is 3. The molecule has 0 radical (unpaired) electrons. The maximum atomic E-state index is 14.1. The Kier molecular flexibility index (Phi) is 3.14. The number of benzene rings is 1. The van der Waals surface area contributed by atoms with E-state index in [0.29, 0.717) is 5.56 Å². The average Bonchev–Trinajstić information content (AvgIpc) is 3.10. The first-order valence-electron chi connectivity index (χ1n) is 6.40. The molecule has 0 bridgehead atoms. The minimum atomic E-state index is -1.22. The first-order chi connectivity index (χ1) is 9.66. The van der Waals surface area contributed by atoms with Gasteiger partial charge in [0, 0.05) is 24.8 Å². The lowest BCUT2D eigenvalue weighted by Gasteiger charge is -2.20. The van der Waals surface area contributed by atoms with Crippen LogP contribution in [0.3, 0.4) is 0 Å². The topological polar surface area (TPSA) is 66.6 Å². The van der Waals surface area contributed by atoms with Gasteiger partial charge in [-0.15, -0.1) is 0 Å². The number of hydrogen-bond donors (Lipinski definition) is 1. The molecule has 1 aromatic carbocycles. The number of carbonyl (C=O) groups is 1. The van der Waals surface area contributed by atoms with Crippen LogP contribution in [0.4, 0.5) is 10.1 Å². The molecule has 0 spiro atoms. The van der Waals surface area contributed by atoms with Crippen LogP contribution in [0, 0.1) is 5.82 Å². The van der Waals surface area contributed by atoms with Gasteiger partial charge in [-0.1, -0.05) is 11.2 Å². The van der Waals surface area contributed by atoms with Crippen molar-refractivity contribution in [2.45, 2.75) is 12.8 Å². The molecule has 1 N–H and O–H groups in total. The van der Waals surface area contributed by atoms with E-state index < -0.39 is 11.8 Å². The summed E-state index contributed by atoms with van der Waals surface area (Å²) in [5.41, 5.74) is 1.24. The smallest absolute Gasteiger partial charge is 0.374 e. The Labute approximate surface area is 114 Å². The minimum Gasteiger partial charge on any atom is -0.475 e. The molecule has 1 aliphatic heterocycles. The summed E-state index contributed by atoms with van der Waals surface area (Å²) in [4.78, 5) is 12.9. The highest BCUT2D eigenvalue weighted by atomic mass is 19.1. The lowest BCUT2D eigenvalue weighted by Crippen LogP contribution is -2.18. The fourth-order valence-electron chi connectivity index (χ4n) is 2.48. The summed E-state index contributed by atoms with van der Waals surface area (Å²) in [5.74, 6) is -1.95. The number of aromatic carboxylic acids is 1. The van der Waals surface area contributed by atoms with Crippen LogP contribution in [0.15, 0.2) is 28.8 Å². The second kappa shape index (κ2) is 4.96. The van der Waals surface area contributed by atoms with Crippen LogP contribution in [0.2, 0.25) is 0 Å². The molecule has 2 heterocycles. The minimum absolute atomic E-state index is 0.211. The first kappa shape index (κ1) is 12.7. The van der Waals surface area contributed by atoms with Crippen molar-refractivity contribution in [1.29, 1.82) is 0 Å². The summed E-state index contributed by atoms with van der Waals surface area (Å²) in [6, 6.07) is 6.05. The molecular formula is C14H13FN2O3. The van der Waals surface area contributed by atoms with Crippen molar-refractivity contribution in [1.82, 2.24) is 5.16 Å². The van der Waals surface area contributed by atoms with Crippen molar-refractivity contribution in [2.24, 2.45) is 0 Å². The van der Waals surface area contributed by atoms with Crippen LogP contribution in [0.25, 0.3) is 11.3 Å². The number of halogens is 1. The summed E-state index contributed by atoms with van der Waals surface area (Å²) in [6.45, 7) is 1.72. The molecule has 1 fully saturated rings. The van der Waals surface area contributed by atoms with Crippen molar-refractivity contribution in [3.63, 3.8) is 0 Å². The SMILES string of the molecule is O=C(O)c1cc(-c2c(F)cccc2N2CCCC2)no1. The molecule has 1 aromatic heterocycles. The lowest BCUT2D eigenvalue weighted by molar-refractivity contribution is 0.0652. The van der Waals surface area contributed by atoms with E-state index in [1.807, 2.05) is 6.07 Å². The molecule has 2 aromatic rings. The third kappa shape index (κ3) is 2.13. The molecule has 3 rings (SSSR count). The average molecular weight is 276 g/mol. The third-order valence-electron chi connectivity index (χ3n) is 3.42. The van der Waals surface area contributed by atoms with E-state index in [0.717, 1.165) is 31.6 Å². The maximum Gasteiger partial charge on any atom is 0.374 e. The normalized spacial score (nSPS) is 14.8. The molecule has 104 valence electrons. The standard InChI is InChI=1S/C14H13FN2O3/c15-9-4-3-5-11(17-6-1-2-7-17)13(9)10-8-12(14(18)19)20-16-10/h3-5,8H,1-2,6-7H2,(H,18,19). The summed E-state index contributed by atoms with van der Waals surface area (Å²) in [5, 5.41) is 12.5. The van der Waals surface area contributed by atoms with E-state index in [4.69, 9.17) is 9.63 Å². The van der Waals surface area contributed by atoms with Gasteiger partial charge in [-0.3, -0.25) is 0 Å². The Balaban J connectivity index is 2.08. The van der Waals surface area contributed by atoms with Crippen LogP contribution in [-0.2, 0) is 0 Å². The number of anilines is 1. The van der Waals surface area contributed by atoms with Gasteiger partial charge < -0.3 is 14.5 Å². The van der Waals surface area contributed by atoms with Gasteiger partial charge >= 0.3 is 5.97 Å². The van der Waals surface area contributed by atoms with E-state index in [2.05, 4.69) is 10.1 Å². The number of aromatic nitrogens is 1. The van der Waals surface area contributed by atoms with Crippen LogP contribution in [0.1, 0.15) is 23.4 Å². The highest BCUT2D eigenvalue weighted by molar-refractivity contribution is 5.87. The maximum absolute atomic E-state index is 14.1. The molecule has 0 amide bonds. The van der Waals surface area contributed by atoms with Gasteiger partial charge in [0.05, 0.1) is 5.56 Å². The third-order valence-corrected chi connectivity index (χ3v) is 3.42. The number of nitrogens with zero attached hydrogens (tertiary/aromatic N) is 2. The molecule has 6 heteroatoms. The van der Waals surface area contributed by atoms with E-state index in [9.17, 15) is 9.18 Å². The van der Waals surface area contributed by atoms with Crippen LogP contribution in [0.5, 0.6) is 0 Å². The lowest BCUT2D eigenvalue weighted by atomic mass is 10.1. The zero-order chi connectivity index (χ0) is 14.1. The molecule has 0 unspecified atom stereocenters. The van der Waals surface area contributed by atoms with Gasteiger partial charge in [0.15, 0.2) is 0 Å². The van der Waals surface area contributed by atoms with E-state index in [1.165, 1.54) is 12.1 Å². The Morgan fingerprint density at radius 1 is 1.35 bits per heavy atom. The predicted octanol–water partition coefficient (Wildman–Crippen LogP) is 2.78. The van der Waals surface area contributed by atoms with Crippen molar-refractivity contribution in [3.8, 4) is 11.3 Å². The number of carboxylic acids is 1. The second-order valence-corrected chi connectivity index (χ2v) is 4.71. The Morgan fingerprint density at radius 2 is 2.10 bits per heavy atom. The van der Waals surface area contributed by atoms with Crippen molar-refractivity contribution in [2.75, 3.05) is 18.0 Å². The zero-order valence-electron chi connectivity index (χ0n) is 10.7. The van der Waals surface area contributed by atoms with E-state index >= 15 is 0 Å². The Hall–Kier alpha value is -2.37. The highest BCUT2D eigenvalue weighted by Gasteiger charge is 2.22.